The summed E-state index contributed by atoms with van der Waals surface area (Å²) >= 11 is 1.19. The molecule has 4 aromatic rings. The van der Waals surface area contributed by atoms with E-state index in [4.69, 9.17) is 15.8 Å². The standard InChI is InChI=1S/C19H20N8.C15H17N5S/c1-13(2)27(14(3)4)16-7-5-15(6-8-16)24-25-19-23-17(11-21)18(12-22)26(19)10-9-20;1-10(2)20(4)13-7-5-12(6-8-13)17-18-15-14(9-16)11(3)19-21-15/h5-8,13-14H,10H2,1-4H3;5-8,10H,1-4H3/b25-24+;18-17+. The van der Waals surface area contributed by atoms with E-state index in [2.05, 4.69) is 94.3 Å². The fourth-order valence-corrected chi connectivity index (χ4v) is 5.30. The highest BCUT2D eigenvalue weighted by Crippen LogP contribution is 2.29. The highest BCUT2D eigenvalue weighted by atomic mass is 32.1. The van der Waals surface area contributed by atoms with E-state index in [9.17, 15) is 5.26 Å². The molecule has 0 bridgehead atoms. The van der Waals surface area contributed by atoms with Gasteiger partial charge in [-0.15, -0.1) is 20.5 Å². The van der Waals surface area contributed by atoms with Crippen LogP contribution >= 0.6 is 11.5 Å². The highest BCUT2D eigenvalue weighted by molar-refractivity contribution is 7.10. The van der Waals surface area contributed by atoms with Gasteiger partial charge in [-0.3, -0.25) is 4.57 Å². The zero-order valence-electron chi connectivity index (χ0n) is 28.3. The Balaban J connectivity index is 0.000000269. The zero-order chi connectivity index (χ0) is 35.4. The minimum atomic E-state index is -0.136. The van der Waals surface area contributed by atoms with Crippen LogP contribution < -0.4 is 9.80 Å². The van der Waals surface area contributed by atoms with Gasteiger partial charge in [0.05, 0.1) is 23.1 Å². The Morgan fingerprint density at radius 2 is 1.31 bits per heavy atom. The minimum absolute atomic E-state index is 0.00727. The quantitative estimate of drug-likeness (QED) is 0.151. The lowest BCUT2D eigenvalue weighted by Crippen LogP contribution is -2.36. The molecule has 0 aliphatic carbocycles. The Bertz CT molecular complexity index is 1900. The van der Waals surface area contributed by atoms with Crippen LogP contribution in [0.2, 0.25) is 0 Å². The Labute approximate surface area is 285 Å². The molecular formula is C34H37N13S. The normalized spacial score (nSPS) is 10.9. The molecular weight excluding hydrogens is 623 g/mol. The van der Waals surface area contributed by atoms with Crippen molar-refractivity contribution in [1.82, 2.24) is 13.9 Å². The predicted octanol–water partition coefficient (Wildman–Crippen LogP) is 8.77. The number of aryl methyl sites for hydroxylation is 1. The van der Waals surface area contributed by atoms with E-state index >= 15 is 0 Å². The number of hydrogen-bond acceptors (Lipinski definition) is 13. The summed E-state index contributed by atoms with van der Waals surface area (Å²) in [4.78, 5) is 8.46. The van der Waals surface area contributed by atoms with Crippen molar-refractivity contribution in [3.8, 4) is 24.3 Å². The van der Waals surface area contributed by atoms with Crippen molar-refractivity contribution in [2.45, 2.75) is 73.1 Å². The molecule has 0 spiro atoms. The number of anilines is 2. The molecule has 2 aromatic carbocycles. The summed E-state index contributed by atoms with van der Waals surface area (Å²) in [6.07, 6.45) is 0. The van der Waals surface area contributed by atoms with Gasteiger partial charge < -0.3 is 9.80 Å². The van der Waals surface area contributed by atoms with E-state index in [1.165, 1.54) is 16.1 Å². The van der Waals surface area contributed by atoms with Crippen molar-refractivity contribution >= 4 is 45.2 Å². The van der Waals surface area contributed by atoms with E-state index in [1.807, 2.05) is 66.7 Å². The van der Waals surface area contributed by atoms with E-state index in [0.29, 0.717) is 40.1 Å². The molecule has 0 fully saturated rings. The molecule has 0 aliphatic rings. The second-order valence-electron chi connectivity index (χ2n) is 11.4. The molecule has 0 aliphatic heterocycles. The van der Waals surface area contributed by atoms with Gasteiger partial charge in [0, 0.05) is 36.5 Å². The molecule has 244 valence electrons. The van der Waals surface area contributed by atoms with Gasteiger partial charge in [0.25, 0.3) is 5.95 Å². The maximum atomic E-state index is 9.18. The largest absolute Gasteiger partial charge is 0.372 e. The van der Waals surface area contributed by atoms with Gasteiger partial charge in [-0.05, 0) is 109 Å². The number of imidazole rings is 1. The van der Waals surface area contributed by atoms with Crippen molar-refractivity contribution in [2.75, 3.05) is 16.8 Å². The van der Waals surface area contributed by atoms with Crippen LogP contribution in [0.15, 0.2) is 69.0 Å². The monoisotopic (exact) mass is 659 g/mol. The van der Waals surface area contributed by atoms with E-state index in [0.717, 1.165) is 17.1 Å². The number of nitriles is 4. The Kier molecular flexibility index (Phi) is 13.0. The molecule has 13 nitrogen and oxygen atoms in total. The van der Waals surface area contributed by atoms with Crippen molar-refractivity contribution in [2.24, 2.45) is 20.5 Å². The molecule has 0 saturated carbocycles. The number of nitrogens with zero attached hydrogens (tertiary/aromatic N) is 13. The number of rotatable bonds is 10. The molecule has 48 heavy (non-hydrogen) atoms. The third-order valence-electron chi connectivity index (χ3n) is 7.15. The van der Waals surface area contributed by atoms with Gasteiger partial charge in [0.15, 0.2) is 16.4 Å². The molecule has 0 atom stereocenters. The number of aromatic nitrogens is 3. The summed E-state index contributed by atoms with van der Waals surface area (Å²) in [5, 5.41) is 53.2. The van der Waals surface area contributed by atoms with Gasteiger partial charge in [-0.2, -0.15) is 30.4 Å². The summed E-state index contributed by atoms with van der Waals surface area (Å²) in [6.45, 7) is 14.5. The molecule has 2 aromatic heterocycles. The molecule has 2 heterocycles. The smallest absolute Gasteiger partial charge is 0.252 e. The van der Waals surface area contributed by atoms with Crippen molar-refractivity contribution in [1.29, 1.82) is 21.0 Å². The van der Waals surface area contributed by atoms with Crippen LogP contribution in [0.3, 0.4) is 0 Å². The van der Waals surface area contributed by atoms with Crippen molar-refractivity contribution < 1.29 is 0 Å². The van der Waals surface area contributed by atoms with Crippen molar-refractivity contribution in [3.63, 3.8) is 0 Å². The van der Waals surface area contributed by atoms with Gasteiger partial charge in [0.1, 0.15) is 30.3 Å². The zero-order valence-corrected chi connectivity index (χ0v) is 29.1. The maximum Gasteiger partial charge on any atom is 0.252 e. The van der Waals surface area contributed by atoms with E-state index in [-0.39, 0.29) is 23.9 Å². The SMILES string of the molecule is CC(C)N(c1ccc(/N=N/c2nc(C#N)c(C#N)n2CC#N)cc1)C(C)C.Cc1nsc(/N=N/c2ccc(N(C)C(C)C)cc2)c1C#N. The summed E-state index contributed by atoms with van der Waals surface area (Å²) < 4.78 is 5.39. The Morgan fingerprint density at radius 3 is 1.79 bits per heavy atom. The lowest BCUT2D eigenvalue weighted by atomic mass is 10.2. The molecule has 4 rings (SSSR count). The first-order valence-electron chi connectivity index (χ1n) is 15.1. The van der Waals surface area contributed by atoms with Crippen LogP contribution in [-0.2, 0) is 6.54 Å². The van der Waals surface area contributed by atoms with Crippen LogP contribution in [-0.4, -0.2) is 39.1 Å². The highest BCUT2D eigenvalue weighted by Gasteiger charge is 2.17. The number of hydrogen-bond donors (Lipinski definition) is 0. The number of azo groups is 2. The first-order valence-corrected chi connectivity index (χ1v) is 15.9. The molecule has 0 unspecified atom stereocenters. The fraction of sp³-hybridized carbons (Fsp3) is 0.353. The Morgan fingerprint density at radius 1 is 0.750 bits per heavy atom. The van der Waals surface area contributed by atoms with Crippen LogP contribution in [0.1, 0.15) is 64.2 Å². The molecule has 14 heteroatoms. The summed E-state index contributed by atoms with van der Waals surface area (Å²) in [7, 11) is 2.06. The van der Waals surface area contributed by atoms with E-state index in [1.54, 1.807) is 6.92 Å². The third kappa shape index (κ3) is 9.07. The number of benzene rings is 2. The van der Waals surface area contributed by atoms with Gasteiger partial charge in [-0.25, -0.2) is 0 Å². The molecule has 0 amide bonds. The second kappa shape index (κ2) is 17.1. The van der Waals surface area contributed by atoms with Gasteiger partial charge in [0.2, 0.25) is 0 Å². The minimum Gasteiger partial charge on any atom is -0.372 e. The average Bonchev–Trinajstić information content (AvgIpc) is 3.61. The first-order chi connectivity index (χ1) is 22.9. The van der Waals surface area contributed by atoms with Gasteiger partial charge >= 0.3 is 0 Å². The van der Waals surface area contributed by atoms with Crippen LogP contribution in [0.5, 0.6) is 0 Å². The molecule has 0 N–H and O–H groups in total. The van der Waals surface area contributed by atoms with Crippen LogP contribution in [0.25, 0.3) is 0 Å². The average molecular weight is 660 g/mol. The predicted molar refractivity (Wildman–Crippen MR) is 186 cm³/mol. The summed E-state index contributed by atoms with van der Waals surface area (Å²) in [5.41, 5.74) is 4.72. The molecule has 0 radical (unpaired) electrons. The lowest BCUT2D eigenvalue weighted by molar-refractivity contribution is 0.608. The van der Waals surface area contributed by atoms with Crippen LogP contribution in [0.4, 0.5) is 33.7 Å². The Hall–Kier alpha value is -5.96. The fourth-order valence-electron chi connectivity index (χ4n) is 4.63. The van der Waals surface area contributed by atoms with Crippen LogP contribution in [0, 0.1) is 52.2 Å². The first kappa shape index (κ1) is 36.5. The molecule has 0 saturated heterocycles. The maximum absolute atomic E-state index is 9.18. The second-order valence-corrected chi connectivity index (χ2v) is 12.1. The lowest BCUT2D eigenvalue weighted by Gasteiger charge is -2.33. The van der Waals surface area contributed by atoms with Crippen molar-refractivity contribution in [3.05, 3.63) is 71.2 Å². The third-order valence-corrected chi connectivity index (χ3v) is 7.97. The summed E-state index contributed by atoms with van der Waals surface area (Å²) in [5.74, 6) is 0.0553. The topological polar surface area (TPSA) is 182 Å². The summed E-state index contributed by atoms with van der Waals surface area (Å²) in [6, 6.07) is 24.4. The van der Waals surface area contributed by atoms with E-state index < -0.39 is 0 Å². The van der Waals surface area contributed by atoms with Gasteiger partial charge in [-0.1, -0.05) is 0 Å².